The molecular weight excluding hydrogens is 262 g/mol. The number of hydrogen-bond donors (Lipinski definition) is 1. The number of para-hydroxylation sites is 3. The molecule has 2 N–H and O–H groups in total. The summed E-state index contributed by atoms with van der Waals surface area (Å²) in [5.74, 6) is 0.806. The molecule has 3 aromatic rings. The van der Waals surface area contributed by atoms with Crippen molar-refractivity contribution in [2.75, 3.05) is 24.8 Å². The van der Waals surface area contributed by atoms with E-state index in [-0.39, 0.29) is 0 Å². The Kier molecular flexibility index (Phi) is 3.36. The number of nitrogen functional groups attached to an aromatic ring is 1. The highest BCUT2D eigenvalue weighted by molar-refractivity contribution is 5.99. The smallest absolute Gasteiger partial charge is 0.142 e. The average Bonchev–Trinajstić information content (AvgIpc) is 2.54. The molecule has 3 rings (SSSR count). The van der Waals surface area contributed by atoms with Crippen molar-refractivity contribution >= 4 is 28.0 Å². The van der Waals surface area contributed by atoms with Gasteiger partial charge in [-0.1, -0.05) is 30.3 Å². The zero-order chi connectivity index (χ0) is 14.8. The molecule has 4 nitrogen and oxygen atoms in total. The Labute approximate surface area is 123 Å². The number of methoxy groups -OCH3 is 1. The van der Waals surface area contributed by atoms with Crippen LogP contribution in [0.5, 0.6) is 5.75 Å². The first kappa shape index (κ1) is 13.2. The average molecular weight is 279 g/mol. The number of ether oxygens (including phenoxy) is 1. The third-order valence-electron chi connectivity index (χ3n) is 3.56. The van der Waals surface area contributed by atoms with E-state index in [1.54, 1.807) is 13.3 Å². The van der Waals surface area contributed by atoms with Gasteiger partial charge in [0.2, 0.25) is 0 Å². The van der Waals surface area contributed by atoms with Gasteiger partial charge in [-0.3, -0.25) is 4.98 Å². The second-order valence-corrected chi connectivity index (χ2v) is 4.81. The molecule has 0 amide bonds. The van der Waals surface area contributed by atoms with Gasteiger partial charge < -0.3 is 15.4 Å². The number of nitrogens with zero attached hydrogens (tertiary/aromatic N) is 2. The van der Waals surface area contributed by atoms with E-state index in [2.05, 4.69) is 4.98 Å². The van der Waals surface area contributed by atoms with Crippen molar-refractivity contribution in [3.8, 4) is 5.75 Å². The van der Waals surface area contributed by atoms with Crippen molar-refractivity contribution in [2.45, 2.75) is 0 Å². The molecule has 0 unspecified atom stereocenters. The Morgan fingerprint density at radius 3 is 2.57 bits per heavy atom. The molecule has 0 bridgehead atoms. The number of fused-ring (bicyclic) bond motifs is 1. The normalized spacial score (nSPS) is 10.6. The number of nitrogens with two attached hydrogens (primary N) is 1. The van der Waals surface area contributed by atoms with Crippen LogP contribution in [0.4, 0.5) is 17.1 Å². The quantitative estimate of drug-likeness (QED) is 0.796. The molecule has 0 aliphatic carbocycles. The van der Waals surface area contributed by atoms with Crippen LogP contribution in [0.25, 0.3) is 10.9 Å². The summed E-state index contributed by atoms with van der Waals surface area (Å²) in [7, 11) is 3.65. The first-order valence-corrected chi connectivity index (χ1v) is 6.72. The SMILES string of the molecule is COc1ccccc1N(C)c1c(N)cnc2ccccc12. The van der Waals surface area contributed by atoms with Gasteiger partial charge in [0.15, 0.2) is 0 Å². The van der Waals surface area contributed by atoms with E-state index in [1.165, 1.54) is 0 Å². The lowest BCUT2D eigenvalue weighted by Crippen LogP contribution is -2.13. The molecule has 1 heterocycles. The molecule has 0 spiro atoms. The van der Waals surface area contributed by atoms with E-state index in [1.807, 2.05) is 60.5 Å². The lowest BCUT2D eigenvalue weighted by Gasteiger charge is -2.24. The van der Waals surface area contributed by atoms with Gasteiger partial charge in [-0.15, -0.1) is 0 Å². The molecule has 0 saturated carbocycles. The van der Waals surface area contributed by atoms with Crippen molar-refractivity contribution in [1.82, 2.24) is 4.98 Å². The van der Waals surface area contributed by atoms with E-state index < -0.39 is 0 Å². The minimum atomic E-state index is 0.641. The van der Waals surface area contributed by atoms with Gasteiger partial charge in [-0.05, 0) is 18.2 Å². The number of benzene rings is 2. The van der Waals surface area contributed by atoms with Crippen LogP contribution in [0.15, 0.2) is 54.7 Å². The summed E-state index contributed by atoms with van der Waals surface area (Å²) in [5.41, 5.74) is 9.63. The van der Waals surface area contributed by atoms with Crippen LogP contribution in [0, 0.1) is 0 Å². The maximum atomic E-state index is 6.17. The predicted octanol–water partition coefficient (Wildman–Crippen LogP) is 3.59. The summed E-state index contributed by atoms with van der Waals surface area (Å²) < 4.78 is 5.44. The standard InChI is InChI=1S/C17H17N3O/c1-20(15-9-5-6-10-16(15)21-2)17-12-7-3-4-8-14(12)19-11-13(17)18/h3-11H,18H2,1-2H3. The summed E-state index contributed by atoms with van der Waals surface area (Å²) in [6.07, 6.45) is 1.70. The number of rotatable bonds is 3. The van der Waals surface area contributed by atoms with Gasteiger partial charge in [0.05, 0.1) is 35.9 Å². The first-order chi connectivity index (χ1) is 10.2. The second kappa shape index (κ2) is 5.32. The lowest BCUT2D eigenvalue weighted by atomic mass is 10.1. The Bertz CT molecular complexity index is 786. The zero-order valence-electron chi connectivity index (χ0n) is 12.1. The van der Waals surface area contributed by atoms with Crippen LogP contribution in [0.1, 0.15) is 0 Å². The Morgan fingerprint density at radius 2 is 1.76 bits per heavy atom. The van der Waals surface area contributed by atoms with Crippen LogP contribution in [0.3, 0.4) is 0 Å². The molecule has 0 fully saturated rings. The molecule has 1 aromatic heterocycles. The van der Waals surface area contributed by atoms with Gasteiger partial charge in [0, 0.05) is 12.4 Å². The highest BCUT2D eigenvalue weighted by atomic mass is 16.5. The fourth-order valence-electron chi connectivity index (χ4n) is 2.54. The van der Waals surface area contributed by atoms with Crippen molar-refractivity contribution in [3.05, 3.63) is 54.7 Å². The minimum Gasteiger partial charge on any atom is -0.495 e. The van der Waals surface area contributed by atoms with Crippen LogP contribution in [-0.2, 0) is 0 Å². The Morgan fingerprint density at radius 1 is 1.05 bits per heavy atom. The summed E-state index contributed by atoms with van der Waals surface area (Å²) in [6, 6.07) is 15.8. The molecule has 21 heavy (non-hydrogen) atoms. The van der Waals surface area contributed by atoms with E-state index >= 15 is 0 Å². The van der Waals surface area contributed by atoms with Crippen molar-refractivity contribution in [1.29, 1.82) is 0 Å². The van der Waals surface area contributed by atoms with E-state index in [4.69, 9.17) is 10.5 Å². The number of hydrogen-bond acceptors (Lipinski definition) is 4. The molecule has 0 aliphatic rings. The highest BCUT2D eigenvalue weighted by Crippen LogP contribution is 2.38. The van der Waals surface area contributed by atoms with E-state index in [0.717, 1.165) is 28.0 Å². The maximum Gasteiger partial charge on any atom is 0.142 e. The number of pyridine rings is 1. The predicted molar refractivity (Wildman–Crippen MR) is 87.2 cm³/mol. The molecular formula is C17H17N3O. The zero-order valence-corrected chi connectivity index (χ0v) is 12.1. The molecule has 0 saturated heterocycles. The fraction of sp³-hybridized carbons (Fsp3) is 0.118. The van der Waals surface area contributed by atoms with Crippen LogP contribution >= 0.6 is 0 Å². The molecule has 4 heteroatoms. The number of aromatic nitrogens is 1. The van der Waals surface area contributed by atoms with Crippen molar-refractivity contribution in [3.63, 3.8) is 0 Å². The Hall–Kier alpha value is -2.75. The van der Waals surface area contributed by atoms with Gasteiger partial charge >= 0.3 is 0 Å². The third-order valence-corrected chi connectivity index (χ3v) is 3.56. The van der Waals surface area contributed by atoms with Crippen LogP contribution in [0.2, 0.25) is 0 Å². The lowest BCUT2D eigenvalue weighted by molar-refractivity contribution is 0.415. The third kappa shape index (κ3) is 2.25. The maximum absolute atomic E-state index is 6.17. The van der Waals surface area contributed by atoms with Crippen molar-refractivity contribution < 1.29 is 4.74 Å². The molecule has 0 atom stereocenters. The van der Waals surface area contributed by atoms with Crippen molar-refractivity contribution in [2.24, 2.45) is 0 Å². The summed E-state index contributed by atoms with van der Waals surface area (Å²) in [5, 5.41) is 1.02. The van der Waals surface area contributed by atoms with Crippen LogP contribution in [-0.4, -0.2) is 19.1 Å². The second-order valence-electron chi connectivity index (χ2n) is 4.81. The van der Waals surface area contributed by atoms with Gasteiger partial charge in [-0.25, -0.2) is 0 Å². The molecule has 0 radical (unpaired) electrons. The van der Waals surface area contributed by atoms with E-state index in [0.29, 0.717) is 5.69 Å². The molecule has 2 aromatic carbocycles. The van der Waals surface area contributed by atoms with E-state index in [9.17, 15) is 0 Å². The largest absolute Gasteiger partial charge is 0.495 e. The minimum absolute atomic E-state index is 0.641. The monoisotopic (exact) mass is 279 g/mol. The summed E-state index contributed by atoms with van der Waals surface area (Å²) in [4.78, 5) is 6.42. The summed E-state index contributed by atoms with van der Waals surface area (Å²) >= 11 is 0. The van der Waals surface area contributed by atoms with Gasteiger partial charge in [0.1, 0.15) is 5.75 Å². The van der Waals surface area contributed by atoms with Crippen LogP contribution < -0.4 is 15.4 Å². The molecule has 0 aliphatic heterocycles. The summed E-state index contributed by atoms with van der Waals surface area (Å²) in [6.45, 7) is 0. The highest BCUT2D eigenvalue weighted by Gasteiger charge is 2.15. The van der Waals surface area contributed by atoms with Gasteiger partial charge in [0.25, 0.3) is 0 Å². The number of anilines is 3. The van der Waals surface area contributed by atoms with Gasteiger partial charge in [-0.2, -0.15) is 0 Å². The fourth-order valence-corrected chi connectivity index (χ4v) is 2.54. The Balaban J connectivity index is 2.22. The topological polar surface area (TPSA) is 51.4 Å². The first-order valence-electron chi connectivity index (χ1n) is 6.72. The molecule has 106 valence electrons.